The molecule has 0 aliphatic rings. The molecule has 0 aliphatic carbocycles. The Bertz CT molecular complexity index is 641. The van der Waals surface area contributed by atoms with Crippen LogP contribution in [-0.2, 0) is 6.18 Å². The van der Waals surface area contributed by atoms with Crippen molar-refractivity contribution in [3.05, 3.63) is 48.0 Å². The first-order valence-corrected chi connectivity index (χ1v) is 5.55. The summed E-state index contributed by atoms with van der Waals surface area (Å²) in [6.07, 6.45) is -3.31. The Morgan fingerprint density at radius 2 is 1.67 bits per heavy atom. The monoisotopic (exact) mass is 307 g/mol. The topological polar surface area (TPSA) is 22.1 Å². The molecule has 2 rings (SSSR count). The van der Waals surface area contributed by atoms with E-state index in [-0.39, 0.29) is 0 Å². The van der Waals surface area contributed by atoms with Crippen LogP contribution >= 0.6 is 0 Å². The van der Waals surface area contributed by atoms with Crippen LogP contribution in [0.3, 0.4) is 0 Å². The largest absolute Gasteiger partial charge is 0.431 e. The Hall–Kier alpha value is -2.25. The van der Waals surface area contributed by atoms with Gasteiger partial charge in [-0.2, -0.15) is 22.0 Å². The summed E-state index contributed by atoms with van der Waals surface area (Å²) in [7, 11) is 0. The second-order valence-electron chi connectivity index (χ2n) is 3.92. The fourth-order valence-electron chi connectivity index (χ4n) is 1.79. The van der Waals surface area contributed by atoms with Gasteiger partial charge in [0.25, 0.3) is 0 Å². The van der Waals surface area contributed by atoms with Crippen molar-refractivity contribution >= 4 is 0 Å². The molecule has 0 unspecified atom stereocenters. The Kier molecular flexibility index (Phi) is 4.06. The molecule has 0 fully saturated rings. The van der Waals surface area contributed by atoms with E-state index in [0.717, 1.165) is 24.4 Å². The average Bonchev–Trinajstić information content (AvgIpc) is 2.40. The lowest BCUT2D eigenvalue weighted by Gasteiger charge is -2.15. The second-order valence-corrected chi connectivity index (χ2v) is 3.92. The van der Waals surface area contributed by atoms with E-state index in [1.54, 1.807) is 0 Å². The van der Waals surface area contributed by atoms with E-state index in [1.807, 2.05) is 0 Å². The van der Waals surface area contributed by atoms with E-state index in [2.05, 4.69) is 9.72 Å². The molecule has 0 saturated heterocycles. The molecule has 0 radical (unpaired) electrons. The maximum absolute atomic E-state index is 13.5. The van der Waals surface area contributed by atoms with Gasteiger partial charge >= 0.3 is 12.8 Å². The summed E-state index contributed by atoms with van der Waals surface area (Å²) in [5, 5.41) is 0. The molecule has 0 bridgehead atoms. The van der Waals surface area contributed by atoms with E-state index < -0.39 is 41.0 Å². The zero-order valence-corrected chi connectivity index (χ0v) is 10.2. The number of halogens is 6. The van der Waals surface area contributed by atoms with Crippen molar-refractivity contribution in [3.8, 4) is 16.9 Å². The zero-order chi connectivity index (χ0) is 15.6. The van der Waals surface area contributed by atoms with E-state index in [0.29, 0.717) is 6.20 Å². The quantitative estimate of drug-likeness (QED) is 0.778. The highest BCUT2D eigenvalue weighted by Crippen LogP contribution is 2.40. The van der Waals surface area contributed by atoms with Crippen LogP contribution in [0.2, 0.25) is 0 Å². The van der Waals surface area contributed by atoms with Crippen molar-refractivity contribution in [2.45, 2.75) is 12.8 Å². The Morgan fingerprint density at radius 3 is 2.29 bits per heavy atom. The minimum Gasteiger partial charge on any atom is -0.431 e. The molecule has 2 nitrogen and oxygen atoms in total. The van der Waals surface area contributed by atoms with Gasteiger partial charge in [0.05, 0.1) is 11.8 Å². The molecule has 0 saturated carbocycles. The number of hydrogen-bond donors (Lipinski definition) is 0. The lowest BCUT2D eigenvalue weighted by Crippen LogP contribution is -2.09. The van der Waals surface area contributed by atoms with Crippen LogP contribution in [-0.4, -0.2) is 11.6 Å². The summed E-state index contributed by atoms with van der Waals surface area (Å²) in [6, 6.07) is 4.18. The van der Waals surface area contributed by atoms with E-state index in [9.17, 15) is 26.3 Å². The van der Waals surface area contributed by atoms with Gasteiger partial charge in [-0.25, -0.2) is 4.39 Å². The third-order valence-corrected chi connectivity index (χ3v) is 2.58. The third kappa shape index (κ3) is 3.26. The van der Waals surface area contributed by atoms with Crippen LogP contribution in [0.4, 0.5) is 26.3 Å². The number of ether oxygens (including phenoxy) is 1. The molecule has 1 heterocycles. The molecule has 0 amide bonds. The molecule has 0 N–H and O–H groups in total. The summed E-state index contributed by atoms with van der Waals surface area (Å²) < 4.78 is 80.9. The van der Waals surface area contributed by atoms with Gasteiger partial charge in [-0.3, -0.25) is 4.98 Å². The zero-order valence-electron chi connectivity index (χ0n) is 10.2. The lowest BCUT2D eigenvalue weighted by atomic mass is 10.00. The maximum Gasteiger partial charge on any atom is 0.417 e. The highest BCUT2D eigenvalue weighted by Gasteiger charge is 2.34. The minimum atomic E-state index is -4.73. The number of pyridine rings is 1. The second kappa shape index (κ2) is 5.63. The normalized spacial score (nSPS) is 11.8. The van der Waals surface area contributed by atoms with Crippen LogP contribution in [0.5, 0.6) is 5.75 Å². The minimum absolute atomic E-state index is 0.493. The summed E-state index contributed by atoms with van der Waals surface area (Å²) in [6.45, 7) is -3.38. The summed E-state index contributed by atoms with van der Waals surface area (Å²) in [5.41, 5.74) is -2.09. The average molecular weight is 307 g/mol. The molecule has 0 spiro atoms. The summed E-state index contributed by atoms with van der Waals surface area (Å²) in [5.74, 6) is -2.25. The molecule has 8 heteroatoms. The molecular weight excluding hydrogens is 300 g/mol. The van der Waals surface area contributed by atoms with Gasteiger partial charge in [-0.1, -0.05) is 18.2 Å². The molecule has 112 valence electrons. The molecule has 0 aliphatic heterocycles. The number of nitrogens with zero attached hydrogens (tertiary/aromatic N) is 1. The first kappa shape index (κ1) is 15.1. The predicted octanol–water partition coefficient (Wildman–Crippen LogP) is 4.51. The Balaban J connectivity index is 2.66. The van der Waals surface area contributed by atoms with Gasteiger partial charge < -0.3 is 4.74 Å². The maximum atomic E-state index is 13.5. The van der Waals surface area contributed by atoms with Crippen molar-refractivity contribution < 1.29 is 31.1 Å². The van der Waals surface area contributed by atoms with Crippen molar-refractivity contribution in [2.75, 3.05) is 0 Å². The lowest BCUT2D eigenvalue weighted by molar-refractivity contribution is -0.137. The molecule has 0 atom stereocenters. The van der Waals surface area contributed by atoms with Crippen molar-refractivity contribution in [1.29, 1.82) is 0 Å². The highest BCUT2D eigenvalue weighted by atomic mass is 19.4. The predicted molar refractivity (Wildman–Crippen MR) is 61.3 cm³/mol. The van der Waals surface area contributed by atoms with E-state index in [4.69, 9.17) is 0 Å². The van der Waals surface area contributed by atoms with Gasteiger partial charge in [0.15, 0.2) is 11.6 Å². The van der Waals surface area contributed by atoms with E-state index in [1.165, 1.54) is 6.07 Å². The SMILES string of the molecule is Fc1cncc(-c2ccccc2C(F)(F)F)c1OC(F)F. The van der Waals surface area contributed by atoms with Gasteiger partial charge in [0, 0.05) is 11.8 Å². The number of aromatic nitrogens is 1. The Labute approximate surface area is 115 Å². The fourth-order valence-corrected chi connectivity index (χ4v) is 1.79. The van der Waals surface area contributed by atoms with Crippen LogP contribution in [0.15, 0.2) is 36.7 Å². The van der Waals surface area contributed by atoms with Gasteiger partial charge in [0.1, 0.15) is 0 Å². The molecule has 2 aromatic rings. The van der Waals surface area contributed by atoms with Crippen molar-refractivity contribution in [3.63, 3.8) is 0 Å². The van der Waals surface area contributed by atoms with Crippen molar-refractivity contribution in [1.82, 2.24) is 4.98 Å². The van der Waals surface area contributed by atoms with Gasteiger partial charge in [-0.15, -0.1) is 0 Å². The standard InChI is InChI=1S/C13H7F6NO/c14-10-6-20-5-8(11(10)21-12(15)16)7-3-1-2-4-9(7)13(17,18)19/h1-6,12H. The van der Waals surface area contributed by atoms with E-state index >= 15 is 0 Å². The van der Waals surface area contributed by atoms with Gasteiger partial charge in [0.2, 0.25) is 0 Å². The van der Waals surface area contributed by atoms with Gasteiger partial charge in [-0.05, 0) is 11.6 Å². The molecule has 1 aromatic heterocycles. The third-order valence-electron chi connectivity index (χ3n) is 2.58. The van der Waals surface area contributed by atoms with Crippen LogP contribution in [0.25, 0.3) is 11.1 Å². The number of rotatable bonds is 3. The smallest absolute Gasteiger partial charge is 0.417 e. The Morgan fingerprint density at radius 1 is 1.00 bits per heavy atom. The number of benzene rings is 1. The van der Waals surface area contributed by atoms with Crippen LogP contribution in [0.1, 0.15) is 5.56 Å². The first-order chi connectivity index (χ1) is 9.80. The first-order valence-electron chi connectivity index (χ1n) is 5.55. The number of hydrogen-bond acceptors (Lipinski definition) is 2. The molecule has 1 aromatic carbocycles. The molecular formula is C13H7F6NO. The summed E-state index contributed by atoms with van der Waals surface area (Å²) in [4.78, 5) is 3.38. The fraction of sp³-hybridized carbons (Fsp3) is 0.154. The van der Waals surface area contributed by atoms with Crippen molar-refractivity contribution in [2.24, 2.45) is 0 Å². The molecule has 21 heavy (non-hydrogen) atoms. The number of alkyl halides is 5. The van der Waals surface area contributed by atoms with Crippen LogP contribution in [0, 0.1) is 5.82 Å². The highest BCUT2D eigenvalue weighted by molar-refractivity contribution is 5.73. The summed E-state index contributed by atoms with van der Waals surface area (Å²) >= 11 is 0. The van der Waals surface area contributed by atoms with Crippen LogP contribution < -0.4 is 4.74 Å².